The quantitative estimate of drug-likeness (QED) is 0.574. The van der Waals surface area contributed by atoms with E-state index in [2.05, 4.69) is 5.32 Å². The average molecular weight is 297 g/mol. The smallest absolute Gasteiger partial charge is 0.124 e. The molecule has 21 heavy (non-hydrogen) atoms. The zero-order chi connectivity index (χ0) is 15.7. The van der Waals surface area contributed by atoms with Gasteiger partial charge in [-0.25, -0.2) is 0 Å². The van der Waals surface area contributed by atoms with Crippen LogP contribution in [-0.2, 0) is 0 Å². The second kappa shape index (κ2) is 9.60. The van der Waals surface area contributed by atoms with E-state index in [1.54, 1.807) is 32.4 Å². The molecule has 2 atom stereocenters. The number of rotatable bonds is 10. The van der Waals surface area contributed by atoms with E-state index in [4.69, 9.17) is 14.6 Å². The van der Waals surface area contributed by atoms with Crippen molar-refractivity contribution in [3.05, 3.63) is 23.8 Å². The molecule has 1 aromatic carbocycles. The van der Waals surface area contributed by atoms with E-state index >= 15 is 0 Å². The fourth-order valence-corrected chi connectivity index (χ4v) is 2.12. The third-order valence-electron chi connectivity index (χ3n) is 3.50. The van der Waals surface area contributed by atoms with Gasteiger partial charge in [0.15, 0.2) is 0 Å². The maximum absolute atomic E-state index is 10.3. The normalized spacial score (nSPS) is 13.8. The van der Waals surface area contributed by atoms with Crippen molar-refractivity contribution in [1.29, 1.82) is 0 Å². The minimum absolute atomic E-state index is 0.226. The van der Waals surface area contributed by atoms with Crippen LogP contribution >= 0.6 is 0 Å². The Hall–Kier alpha value is -1.30. The van der Waals surface area contributed by atoms with E-state index in [1.165, 1.54) is 0 Å². The number of hydrogen-bond donors (Lipinski definition) is 3. The Morgan fingerprint density at radius 2 is 2.00 bits per heavy atom. The fourth-order valence-electron chi connectivity index (χ4n) is 2.12. The van der Waals surface area contributed by atoms with Crippen LogP contribution in [0.1, 0.15) is 31.4 Å². The monoisotopic (exact) mass is 297 g/mol. The van der Waals surface area contributed by atoms with E-state index in [-0.39, 0.29) is 6.61 Å². The molecule has 1 aromatic rings. The van der Waals surface area contributed by atoms with Gasteiger partial charge in [-0.3, -0.25) is 0 Å². The average Bonchev–Trinajstić information content (AvgIpc) is 2.53. The first-order chi connectivity index (χ1) is 10.1. The molecule has 0 heterocycles. The molecular formula is C16H27NO4. The van der Waals surface area contributed by atoms with Gasteiger partial charge in [0.2, 0.25) is 0 Å². The molecule has 120 valence electrons. The van der Waals surface area contributed by atoms with Crippen molar-refractivity contribution in [3.63, 3.8) is 0 Å². The van der Waals surface area contributed by atoms with Crippen molar-refractivity contribution in [2.75, 3.05) is 33.9 Å². The summed E-state index contributed by atoms with van der Waals surface area (Å²) in [7, 11) is 3.18. The van der Waals surface area contributed by atoms with Crippen LogP contribution in [0.4, 0.5) is 0 Å². The van der Waals surface area contributed by atoms with E-state index in [9.17, 15) is 5.11 Å². The largest absolute Gasteiger partial charge is 0.497 e. The Kier molecular flexibility index (Phi) is 8.12. The van der Waals surface area contributed by atoms with Crippen LogP contribution in [0.2, 0.25) is 0 Å². The predicted octanol–water partition coefficient (Wildman–Crippen LogP) is 1.74. The Morgan fingerprint density at radius 3 is 2.62 bits per heavy atom. The van der Waals surface area contributed by atoms with Crippen molar-refractivity contribution in [2.24, 2.45) is 5.92 Å². The summed E-state index contributed by atoms with van der Waals surface area (Å²) in [6, 6.07) is 5.39. The lowest BCUT2D eigenvalue weighted by atomic mass is 10.1. The molecule has 5 nitrogen and oxygen atoms in total. The molecular weight excluding hydrogens is 270 g/mol. The topological polar surface area (TPSA) is 71.0 Å². The lowest BCUT2D eigenvalue weighted by Crippen LogP contribution is -2.23. The molecule has 0 fully saturated rings. The molecule has 0 amide bonds. The number of hydrogen-bond acceptors (Lipinski definition) is 5. The molecule has 1 rings (SSSR count). The van der Waals surface area contributed by atoms with Crippen molar-refractivity contribution in [1.82, 2.24) is 5.32 Å². The van der Waals surface area contributed by atoms with Crippen LogP contribution in [0.3, 0.4) is 0 Å². The fraction of sp³-hybridized carbons (Fsp3) is 0.625. The summed E-state index contributed by atoms with van der Waals surface area (Å²) in [5.74, 6) is 1.68. The lowest BCUT2D eigenvalue weighted by molar-refractivity contribution is 0.169. The Labute approximate surface area is 126 Å². The molecule has 0 bridgehead atoms. The summed E-state index contributed by atoms with van der Waals surface area (Å²) in [6.07, 6.45) is 1.30. The number of aliphatic hydroxyl groups excluding tert-OH is 2. The van der Waals surface area contributed by atoms with Crippen molar-refractivity contribution in [2.45, 2.75) is 25.9 Å². The molecule has 2 unspecified atom stereocenters. The molecule has 0 aliphatic heterocycles. The summed E-state index contributed by atoms with van der Waals surface area (Å²) < 4.78 is 10.4. The third-order valence-corrected chi connectivity index (χ3v) is 3.50. The molecule has 0 aliphatic carbocycles. The SMILES string of the molecule is COc1ccc(OC)c(C(O)CNCCCC(C)CO)c1. The number of ether oxygens (including phenoxy) is 2. The predicted molar refractivity (Wildman–Crippen MR) is 82.9 cm³/mol. The maximum Gasteiger partial charge on any atom is 0.124 e. The zero-order valence-corrected chi connectivity index (χ0v) is 13.1. The van der Waals surface area contributed by atoms with Crippen LogP contribution in [-0.4, -0.2) is 44.1 Å². The third kappa shape index (κ3) is 5.91. The van der Waals surface area contributed by atoms with Gasteiger partial charge < -0.3 is 25.0 Å². The zero-order valence-electron chi connectivity index (χ0n) is 13.1. The van der Waals surface area contributed by atoms with Crippen LogP contribution in [0.15, 0.2) is 18.2 Å². The highest BCUT2D eigenvalue weighted by Gasteiger charge is 2.14. The van der Waals surface area contributed by atoms with E-state index in [1.807, 2.05) is 6.92 Å². The van der Waals surface area contributed by atoms with Crippen LogP contribution in [0, 0.1) is 5.92 Å². The molecule has 0 saturated heterocycles. The van der Waals surface area contributed by atoms with Crippen molar-refractivity contribution < 1.29 is 19.7 Å². The highest BCUT2D eigenvalue weighted by Crippen LogP contribution is 2.29. The summed E-state index contributed by atoms with van der Waals surface area (Å²) in [5.41, 5.74) is 0.716. The summed E-state index contributed by atoms with van der Waals surface area (Å²) in [6.45, 7) is 3.52. The molecule has 0 aromatic heterocycles. The van der Waals surface area contributed by atoms with Crippen LogP contribution in [0.5, 0.6) is 11.5 Å². The molecule has 0 saturated carbocycles. The van der Waals surface area contributed by atoms with Gasteiger partial charge in [-0.05, 0) is 43.5 Å². The number of nitrogens with one attached hydrogen (secondary N) is 1. The van der Waals surface area contributed by atoms with Gasteiger partial charge in [0.1, 0.15) is 11.5 Å². The summed E-state index contributed by atoms with van der Waals surface area (Å²) in [5, 5.41) is 22.4. The van der Waals surface area contributed by atoms with Gasteiger partial charge in [-0.1, -0.05) is 6.92 Å². The number of benzene rings is 1. The Morgan fingerprint density at radius 1 is 1.24 bits per heavy atom. The standard InChI is InChI=1S/C16H27NO4/c1-12(11-18)5-4-8-17-10-15(19)14-9-13(20-2)6-7-16(14)21-3/h6-7,9,12,15,17-19H,4-5,8,10-11H2,1-3H3. The van der Waals surface area contributed by atoms with Crippen molar-refractivity contribution >= 4 is 0 Å². The van der Waals surface area contributed by atoms with E-state index in [0.717, 1.165) is 19.4 Å². The van der Waals surface area contributed by atoms with Gasteiger partial charge in [0, 0.05) is 18.7 Å². The van der Waals surface area contributed by atoms with E-state index < -0.39 is 6.10 Å². The first-order valence-corrected chi connectivity index (χ1v) is 7.34. The second-order valence-corrected chi connectivity index (χ2v) is 5.26. The summed E-state index contributed by atoms with van der Waals surface area (Å²) >= 11 is 0. The molecule has 0 spiro atoms. The highest BCUT2D eigenvalue weighted by molar-refractivity contribution is 5.41. The number of methoxy groups -OCH3 is 2. The van der Waals surface area contributed by atoms with Crippen molar-refractivity contribution in [3.8, 4) is 11.5 Å². The first-order valence-electron chi connectivity index (χ1n) is 7.34. The van der Waals surface area contributed by atoms with Gasteiger partial charge >= 0.3 is 0 Å². The minimum atomic E-state index is -0.648. The van der Waals surface area contributed by atoms with Gasteiger partial charge in [0.05, 0.1) is 20.3 Å². The van der Waals surface area contributed by atoms with Crippen LogP contribution < -0.4 is 14.8 Å². The minimum Gasteiger partial charge on any atom is -0.497 e. The van der Waals surface area contributed by atoms with Gasteiger partial charge in [0.25, 0.3) is 0 Å². The Bertz CT molecular complexity index is 411. The molecule has 0 aliphatic rings. The molecule has 3 N–H and O–H groups in total. The molecule has 0 radical (unpaired) electrons. The van der Waals surface area contributed by atoms with Gasteiger partial charge in [-0.15, -0.1) is 0 Å². The second-order valence-electron chi connectivity index (χ2n) is 5.26. The lowest BCUT2D eigenvalue weighted by Gasteiger charge is -2.17. The molecule has 5 heteroatoms. The maximum atomic E-state index is 10.3. The van der Waals surface area contributed by atoms with Crippen LogP contribution in [0.25, 0.3) is 0 Å². The van der Waals surface area contributed by atoms with Gasteiger partial charge in [-0.2, -0.15) is 0 Å². The number of aliphatic hydroxyl groups is 2. The highest BCUT2D eigenvalue weighted by atomic mass is 16.5. The van der Waals surface area contributed by atoms with E-state index in [0.29, 0.717) is 29.5 Å². The Balaban J connectivity index is 2.45. The first kappa shape index (κ1) is 17.8. The summed E-state index contributed by atoms with van der Waals surface area (Å²) in [4.78, 5) is 0.